The second-order valence-corrected chi connectivity index (χ2v) is 6.33. The molecule has 0 heterocycles. The number of nitrogens with zero attached hydrogens (tertiary/aromatic N) is 1. The smallest absolute Gasteiger partial charge is 0.406 e. The van der Waals surface area contributed by atoms with E-state index in [9.17, 15) is 13.2 Å². The van der Waals surface area contributed by atoms with Crippen LogP contribution in [0.2, 0.25) is 0 Å². The lowest BCUT2D eigenvalue weighted by molar-refractivity contribution is -0.274. The van der Waals surface area contributed by atoms with Crippen LogP contribution in [0.1, 0.15) is 50.0 Å². The molecule has 2 nitrogen and oxygen atoms in total. The summed E-state index contributed by atoms with van der Waals surface area (Å²) >= 11 is 0. The van der Waals surface area contributed by atoms with Gasteiger partial charge in [0.15, 0.2) is 0 Å². The van der Waals surface area contributed by atoms with Crippen LogP contribution in [0, 0.1) is 17.2 Å². The van der Waals surface area contributed by atoms with Crippen LogP contribution >= 0.6 is 0 Å². The largest absolute Gasteiger partial charge is 0.573 e. The number of halogens is 3. The van der Waals surface area contributed by atoms with Gasteiger partial charge in [0.25, 0.3) is 0 Å². The molecule has 0 saturated heterocycles. The zero-order valence-electron chi connectivity index (χ0n) is 14.0. The first-order valence-corrected chi connectivity index (χ1v) is 8.55. The Morgan fingerprint density at radius 2 is 1.76 bits per heavy atom. The molecule has 1 saturated carbocycles. The first-order valence-electron chi connectivity index (χ1n) is 8.55. The van der Waals surface area contributed by atoms with Gasteiger partial charge in [0, 0.05) is 6.08 Å². The molecule has 0 radical (unpaired) electrons. The van der Waals surface area contributed by atoms with Crippen molar-refractivity contribution in [3.63, 3.8) is 0 Å². The quantitative estimate of drug-likeness (QED) is 0.447. The van der Waals surface area contributed by atoms with Gasteiger partial charge in [-0.1, -0.05) is 30.4 Å². The van der Waals surface area contributed by atoms with Crippen LogP contribution < -0.4 is 4.74 Å². The van der Waals surface area contributed by atoms with Gasteiger partial charge < -0.3 is 4.74 Å². The summed E-state index contributed by atoms with van der Waals surface area (Å²) in [6.07, 6.45) is 9.12. The lowest BCUT2D eigenvalue weighted by atomic mass is 9.77. The molecule has 0 aromatic heterocycles. The summed E-state index contributed by atoms with van der Waals surface area (Å²) in [5, 5.41) is 8.38. The van der Waals surface area contributed by atoms with Crippen molar-refractivity contribution in [1.29, 1.82) is 5.26 Å². The Morgan fingerprint density at radius 3 is 2.36 bits per heavy atom. The minimum Gasteiger partial charge on any atom is -0.406 e. The maximum Gasteiger partial charge on any atom is 0.573 e. The van der Waals surface area contributed by atoms with Gasteiger partial charge in [-0.05, 0) is 68.1 Å². The normalized spacial score (nSPS) is 21.5. The highest BCUT2D eigenvalue weighted by atomic mass is 19.4. The molecule has 0 spiro atoms. The topological polar surface area (TPSA) is 33.0 Å². The Morgan fingerprint density at radius 1 is 1.08 bits per heavy atom. The molecule has 25 heavy (non-hydrogen) atoms. The predicted molar refractivity (Wildman–Crippen MR) is 91.0 cm³/mol. The summed E-state index contributed by atoms with van der Waals surface area (Å²) in [6.45, 7) is 0. The highest BCUT2D eigenvalue weighted by molar-refractivity contribution is 5.29. The molecule has 1 aromatic rings. The van der Waals surface area contributed by atoms with Crippen LogP contribution in [0.5, 0.6) is 5.75 Å². The van der Waals surface area contributed by atoms with Gasteiger partial charge in [0.2, 0.25) is 0 Å². The Bertz CT molecular complexity index is 618. The van der Waals surface area contributed by atoms with E-state index in [1.807, 2.05) is 12.1 Å². The number of rotatable bonds is 6. The number of hydrogen-bond donors (Lipinski definition) is 0. The predicted octanol–water partition coefficient (Wildman–Crippen LogP) is 6.28. The lowest BCUT2D eigenvalue weighted by Gasteiger charge is -2.28. The SMILES string of the molecule is N#C/C=C/C=C/CC[C@H]1CC[C@H](c2ccc(OC(F)(F)F)cc2)CC1. The molecular formula is C20H22F3NO. The first-order chi connectivity index (χ1) is 12.0. The zero-order valence-corrected chi connectivity index (χ0v) is 14.0. The van der Waals surface area contributed by atoms with E-state index in [2.05, 4.69) is 10.8 Å². The molecule has 5 heteroatoms. The maximum absolute atomic E-state index is 12.2. The molecule has 1 aliphatic rings. The molecule has 0 N–H and O–H groups in total. The summed E-state index contributed by atoms with van der Waals surface area (Å²) < 4.78 is 40.5. The molecule has 1 aromatic carbocycles. The summed E-state index contributed by atoms with van der Waals surface area (Å²) in [7, 11) is 0. The average Bonchev–Trinajstić information content (AvgIpc) is 2.58. The molecule has 0 amide bonds. The fourth-order valence-corrected chi connectivity index (χ4v) is 3.33. The van der Waals surface area contributed by atoms with Crippen molar-refractivity contribution in [1.82, 2.24) is 0 Å². The Balaban J connectivity index is 1.75. The monoisotopic (exact) mass is 349 g/mol. The van der Waals surface area contributed by atoms with E-state index >= 15 is 0 Å². The highest BCUT2D eigenvalue weighted by Crippen LogP contribution is 2.38. The minimum atomic E-state index is -4.64. The van der Waals surface area contributed by atoms with Crippen molar-refractivity contribution in [3.05, 3.63) is 54.1 Å². The van der Waals surface area contributed by atoms with E-state index in [1.165, 1.54) is 18.2 Å². The standard InChI is InChI=1S/C20H22F3NO/c21-20(22,23)25-19-13-11-18(12-14-19)17-9-7-16(8-10-17)6-4-2-1-3-5-15-24/h1-3,5,11-14,16-17H,4,6-10H2/b2-1+,5-3+/t16-,17-. The number of ether oxygens (including phenoxy) is 1. The Labute approximate surface area is 146 Å². The number of benzene rings is 1. The van der Waals surface area contributed by atoms with Gasteiger partial charge in [-0.3, -0.25) is 0 Å². The van der Waals surface area contributed by atoms with Gasteiger partial charge in [-0.25, -0.2) is 0 Å². The minimum absolute atomic E-state index is 0.165. The van der Waals surface area contributed by atoms with Crippen LogP contribution in [-0.4, -0.2) is 6.36 Å². The number of nitriles is 1. The number of allylic oxidation sites excluding steroid dienone is 4. The first kappa shape index (κ1) is 19.1. The number of hydrogen-bond acceptors (Lipinski definition) is 2. The molecule has 2 rings (SSSR count). The van der Waals surface area contributed by atoms with Crippen molar-refractivity contribution in [2.24, 2.45) is 5.92 Å². The molecular weight excluding hydrogens is 327 g/mol. The Hall–Kier alpha value is -2.22. The van der Waals surface area contributed by atoms with E-state index in [-0.39, 0.29) is 5.75 Å². The molecule has 0 unspecified atom stereocenters. The molecule has 1 fully saturated rings. The molecule has 0 atom stereocenters. The van der Waals surface area contributed by atoms with Gasteiger partial charge in [0.05, 0.1) is 6.07 Å². The van der Waals surface area contributed by atoms with Crippen LogP contribution in [0.3, 0.4) is 0 Å². The van der Waals surface area contributed by atoms with Crippen LogP contribution in [-0.2, 0) is 0 Å². The van der Waals surface area contributed by atoms with Crippen molar-refractivity contribution in [3.8, 4) is 11.8 Å². The van der Waals surface area contributed by atoms with Gasteiger partial charge in [-0.2, -0.15) is 5.26 Å². The van der Waals surface area contributed by atoms with E-state index in [1.54, 1.807) is 18.2 Å². The fourth-order valence-electron chi connectivity index (χ4n) is 3.33. The van der Waals surface area contributed by atoms with Crippen LogP contribution in [0.15, 0.2) is 48.6 Å². The highest BCUT2D eigenvalue weighted by Gasteiger charge is 2.31. The van der Waals surface area contributed by atoms with E-state index in [4.69, 9.17) is 5.26 Å². The summed E-state index contributed by atoms with van der Waals surface area (Å²) in [5.74, 6) is 0.959. The van der Waals surface area contributed by atoms with E-state index in [0.29, 0.717) is 11.8 Å². The van der Waals surface area contributed by atoms with E-state index in [0.717, 1.165) is 44.1 Å². The van der Waals surface area contributed by atoms with E-state index < -0.39 is 6.36 Å². The molecule has 0 bridgehead atoms. The summed E-state index contributed by atoms with van der Waals surface area (Å²) in [4.78, 5) is 0. The molecule has 134 valence electrons. The van der Waals surface area contributed by atoms with Crippen LogP contribution in [0.4, 0.5) is 13.2 Å². The third-order valence-electron chi connectivity index (χ3n) is 4.59. The Kier molecular flexibility index (Phi) is 7.12. The molecule has 0 aliphatic heterocycles. The van der Waals surface area contributed by atoms with Crippen LogP contribution in [0.25, 0.3) is 0 Å². The van der Waals surface area contributed by atoms with Gasteiger partial charge in [0.1, 0.15) is 5.75 Å². The third kappa shape index (κ3) is 7.04. The summed E-state index contributed by atoms with van der Waals surface area (Å²) in [5.41, 5.74) is 1.09. The number of alkyl halides is 3. The van der Waals surface area contributed by atoms with Crippen molar-refractivity contribution in [2.45, 2.75) is 50.8 Å². The van der Waals surface area contributed by atoms with Crippen molar-refractivity contribution in [2.75, 3.05) is 0 Å². The van der Waals surface area contributed by atoms with Crippen molar-refractivity contribution < 1.29 is 17.9 Å². The second kappa shape index (κ2) is 9.31. The molecule has 1 aliphatic carbocycles. The lowest BCUT2D eigenvalue weighted by Crippen LogP contribution is -2.17. The zero-order chi connectivity index (χ0) is 18.1. The second-order valence-electron chi connectivity index (χ2n) is 6.33. The average molecular weight is 349 g/mol. The third-order valence-corrected chi connectivity index (χ3v) is 4.59. The van der Waals surface area contributed by atoms with Crippen molar-refractivity contribution >= 4 is 0 Å². The maximum atomic E-state index is 12.2. The summed E-state index contributed by atoms with van der Waals surface area (Å²) in [6, 6.07) is 8.23. The fraction of sp³-hybridized carbons (Fsp3) is 0.450. The van der Waals surface area contributed by atoms with Gasteiger partial charge >= 0.3 is 6.36 Å². The van der Waals surface area contributed by atoms with Gasteiger partial charge in [-0.15, -0.1) is 13.2 Å².